The van der Waals surface area contributed by atoms with Crippen LogP contribution in [-0.2, 0) is 23.8 Å². The zero-order valence-corrected chi connectivity index (χ0v) is 28.9. The minimum absolute atomic E-state index is 0. The monoisotopic (exact) mass is 626 g/mol. The second-order valence-electron chi connectivity index (χ2n) is 10.1. The Morgan fingerprint density at radius 3 is 1.75 bits per heavy atom. The van der Waals surface area contributed by atoms with Crippen molar-refractivity contribution in [3.05, 3.63) is 0 Å². The van der Waals surface area contributed by atoms with E-state index in [0.29, 0.717) is 19.3 Å². The zero-order chi connectivity index (χ0) is 30.2. The molecule has 6 N–H and O–H groups in total. The molecule has 14 heteroatoms. The predicted molar refractivity (Wildman–Crippen MR) is 144 cm³/mol. The molecule has 0 amide bonds. The fourth-order valence-electron chi connectivity index (χ4n) is 3.48. The van der Waals surface area contributed by atoms with Crippen molar-refractivity contribution in [3.8, 4) is 0 Å². The van der Waals surface area contributed by atoms with Gasteiger partial charge in [0, 0.05) is 11.8 Å². The second kappa shape index (κ2) is 28.5. The van der Waals surface area contributed by atoms with E-state index < -0.39 is 57.8 Å². The number of aliphatic hydroxyl groups is 3. The predicted octanol–water partition coefficient (Wildman–Crippen LogP) is -1.83. The smallest absolute Gasteiger partial charge is 0.854 e. The van der Waals surface area contributed by atoms with Gasteiger partial charge in [0.1, 0.15) is 13.2 Å². The molecule has 0 aliphatic rings. The van der Waals surface area contributed by atoms with Gasteiger partial charge in [-0.3, -0.25) is 9.59 Å². The Morgan fingerprint density at radius 2 is 1.27 bits per heavy atom. The molecule has 2 unspecified atom stereocenters. The maximum atomic E-state index is 12.6. The number of esters is 2. The van der Waals surface area contributed by atoms with Crippen LogP contribution in [0.25, 0.3) is 0 Å². The molecule has 40 heavy (non-hydrogen) atoms. The molecule has 0 aliphatic heterocycles. The largest absolute Gasteiger partial charge is 1.00 e. The minimum atomic E-state index is -2.62. The van der Waals surface area contributed by atoms with Gasteiger partial charge in [-0.1, -0.05) is 59.3 Å². The first-order chi connectivity index (χ1) is 18.5. The van der Waals surface area contributed by atoms with E-state index in [4.69, 9.17) is 28.9 Å². The summed E-state index contributed by atoms with van der Waals surface area (Å²) in [7, 11) is -2.62. The van der Waals surface area contributed by atoms with Crippen LogP contribution < -0.4 is 56.5 Å². The Labute approximate surface area is 283 Å². The van der Waals surface area contributed by atoms with Crippen molar-refractivity contribution in [2.45, 2.75) is 85.0 Å². The van der Waals surface area contributed by atoms with Crippen LogP contribution in [0.1, 0.15) is 85.0 Å². The fourth-order valence-corrected chi connectivity index (χ4v) is 3.48. The quantitative estimate of drug-likeness (QED) is 0.0321. The Bertz CT molecular complexity index is 599. The normalized spacial score (nSPS) is 13.5. The Hall–Kier alpha value is 0.686. The Kier molecular flexibility index (Phi) is 32.1. The van der Waals surface area contributed by atoms with Gasteiger partial charge in [-0.2, -0.15) is 0 Å². The van der Waals surface area contributed by atoms with E-state index in [1.807, 2.05) is 13.8 Å². The van der Waals surface area contributed by atoms with Gasteiger partial charge in [-0.05, 0) is 19.3 Å². The van der Waals surface area contributed by atoms with E-state index in [1.54, 1.807) is 0 Å². The number of unbranched alkanes of at least 4 members (excludes halogenated alkanes) is 5. The third kappa shape index (κ3) is 22.3. The van der Waals surface area contributed by atoms with Crippen LogP contribution in [0.2, 0.25) is 0 Å². The van der Waals surface area contributed by atoms with Crippen LogP contribution >= 0.6 is 8.60 Å². The van der Waals surface area contributed by atoms with E-state index >= 15 is 0 Å². The first-order valence-electron chi connectivity index (χ1n) is 13.7. The molecule has 0 aliphatic carbocycles. The molecule has 0 spiro atoms. The summed E-state index contributed by atoms with van der Waals surface area (Å²) in [5.41, 5.74) is -2.59. The molecule has 0 aromatic carbocycles. The summed E-state index contributed by atoms with van der Waals surface area (Å²) >= 11 is 0. The van der Waals surface area contributed by atoms with E-state index in [9.17, 15) is 30.0 Å². The van der Waals surface area contributed by atoms with Crippen molar-refractivity contribution in [1.29, 1.82) is 0 Å². The molecule has 0 saturated heterocycles. The standard InChI is InChI=1S/C26H49O9.K.H3O3P/c1-4-7-9-10-11-13-23(31)34-20-26(17-30,19-33-18-25(14-27,15-28)16-29)21-35-24(32)22(6-3)12-8-5-2;;1-4(2)3/h22,27-29H,4-21H2,1-3H3;;1-3H/q-1;+1;. The summed E-state index contributed by atoms with van der Waals surface area (Å²) < 4.78 is 16.5. The first kappa shape index (κ1) is 45.1. The van der Waals surface area contributed by atoms with Crippen LogP contribution in [0.3, 0.4) is 0 Å². The van der Waals surface area contributed by atoms with E-state index in [0.717, 1.165) is 38.5 Å². The first-order valence-corrected chi connectivity index (χ1v) is 14.9. The van der Waals surface area contributed by atoms with Gasteiger partial charge in [-0.15, -0.1) is 6.61 Å². The van der Waals surface area contributed by atoms with Gasteiger partial charge in [0.05, 0.1) is 44.4 Å². The molecule has 0 rings (SSSR count). The summed E-state index contributed by atoms with van der Waals surface area (Å²) in [5.74, 6) is -1.08. The molecule has 12 nitrogen and oxygen atoms in total. The summed E-state index contributed by atoms with van der Waals surface area (Å²) in [6, 6.07) is 0. The van der Waals surface area contributed by atoms with Crippen molar-refractivity contribution in [2.75, 3.05) is 52.9 Å². The molecule has 0 aromatic rings. The number of hydrogen-bond acceptors (Lipinski definition) is 12. The van der Waals surface area contributed by atoms with Crippen LogP contribution in [0.4, 0.5) is 0 Å². The molecule has 0 radical (unpaired) electrons. The van der Waals surface area contributed by atoms with Crippen molar-refractivity contribution >= 4 is 20.5 Å². The average Bonchev–Trinajstić information content (AvgIpc) is 2.92. The van der Waals surface area contributed by atoms with E-state index in [2.05, 4.69) is 6.92 Å². The molecule has 2 atom stereocenters. The fraction of sp³-hybridized carbons (Fsp3) is 0.923. The SMILES string of the molecule is CCCCCCCC(=O)OCC(C[O-])(COCC(CO)(CO)CO)COC(=O)C(CC)CCCC.OP(O)O.[K+]. The molecule has 0 aromatic heterocycles. The van der Waals surface area contributed by atoms with Crippen molar-refractivity contribution in [2.24, 2.45) is 16.7 Å². The number of aliphatic hydroxyl groups excluding tert-OH is 3. The maximum absolute atomic E-state index is 12.6. The van der Waals surface area contributed by atoms with E-state index in [1.165, 1.54) is 0 Å². The number of hydrogen-bond donors (Lipinski definition) is 6. The van der Waals surface area contributed by atoms with Crippen LogP contribution in [-0.4, -0.2) is 94.8 Å². The van der Waals surface area contributed by atoms with Crippen LogP contribution in [0.15, 0.2) is 0 Å². The van der Waals surface area contributed by atoms with Gasteiger partial charge < -0.3 is 49.3 Å². The third-order valence-electron chi connectivity index (χ3n) is 6.41. The third-order valence-corrected chi connectivity index (χ3v) is 6.41. The summed E-state index contributed by atoms with van der Waals surface area (Å²) in [4.78, 5) is 46.6. The maximum Gasteiger partial charge on any atom is 1.00 e. The average molecular weight is 627 g/mol. The van der Waals surface area contributed by atoms with Gasteiger partial charge in [0.15, 0.2) is 0 Å². The van der Waals surface area contributed by atoms with Crippen LogP contribution in [0, 0.1) is 16.7 Å². The zero-order valence-electron chi connectivity index (χ0n) is 24.9. The van der Waals surface area contributed by atoms with Crippen molar-refractivity contribution in [3.63, 3.8) is 0 Å². The Balaban J connectivity index is -0.00000255. The van der Waals surface area contributed by atoms with Gasteiger partial charge in [0.25, 0.3) is 0 Å². The number of rotatable bonds is 23. The van der Waals surface area contributed by atoms with Crippen molar-refractivity contribution < 1.29 is 110 Å². The van der Waals surface area contributed by atoms with Crippen molar-refractivity contribution in [1.82, 2.24) is 0 Å². The molecule has 0 saturated carbocycles. The summed E-state index contributed by atoms with van der Waals surface area (Å²) in [6.07, 6.45) is 8.33. The van der Waals surface area contributed by atoms with Gasteiger partial charge in [0.2, 0.25) is 0 Å². The number of ether oxygens (including phenoxy) is 3. The minimum Gasteiger partial charge on any atom is -0.854 e. The number of carbonyl (C=O) groups is 2. The molecule has 0 fully saturated rings. The molecule has 0 heterocycles. The molecule has 234 valence electrons. The summed E-state index contributed by atoms with van der Waals surface area (Å²) in [6.45, 7) is 2.83. The summed E-state index contributed by atoms with van der Waals surface area (Å²) in [5, 5.41) is 40.8. The van der Waals surface area contributed by atoms with Gasteiger partial charge in [-0.25, -0.2) is 0 Å². The topological polar surface area (TPSA) is 206 Å². The van der Waals surface area contributed by atoms with E-state index in [-0.39, 0.29) is 90.2 Å². The Morgan fingerprint density at radius 1 is 0.775 bits per heavy atom. The number of carbonyl (C=O) groups excluding carboxylic acids is 2. The second-order valence-corrected chi connectivity index (χ2v) is 10.6. The molecular weight excluding hydrogens is 574 g/mol. The molecular formula is C26H52KO12P. The molecule has 0 bridgehead atoms. The van der Waals surface area contributed by atoms with Gasteiger partial charge >= 0.3 is 71.9 Å². The van der Waals surface area contributed by atoms with Crippen LogP contribution in [0.5, 0.6) is 0 Å².